The second-order valence-corrected chi connectivity index (χ2v) is 6.04. The molecular weight excluding hydrogens is 320 g/mol. The van der Waals surface area contributed by atoms with Crippen molar-refractivity contribution in [1.29, 1.82) is 0 Å². The van der Waals surface area contributed by atoms with Crippen LogP contribution in [0.4, 0.5) is 0 Å². The van der Waals surface area contributed by atoms with E-state index in [9.17, 15) is 9.59 Å². The SMILES string of the molecule is COc1ccc2c(c1)c(C=O)c(-c1cnn(C)c1)n2CC(=O)N(C)C. The standard InChI is InChI=1S/C18H20N4O3/c1-20(2)17(24)10-22-16-6-5-13(25-4)7-14(16)15(11-23)18(22)12-8-19-21(3)9-12/h5-9,11H,10H2,1-4H3. The van der Waals surface area contributed by atoms with Gasteiger partial charge in [-0.15, -0.1) is 0 Å². The summed E-state index contributed by atoms with van der Waals surface area (Å²) in [6, 6.07) is 5.50. The lowest BCUT2D eigenvalue weighted by Crippen LogP contribution is -2.26. The summed E-state index contributed by atoms with van der Waals surface area (Å²) in [6.45, 7) is 0.133. The molecule has 3 aromatic rings. The average molecular weight is 340 g/mol. The number of methoxy groups -OCH3 is 1. The van der Waals surface area contributed by atoms with Crippen molar-refractivity contribution in [2.75, 3.05) is 21.2 Å². The van der Waals surface area contributed by atoms with E-state index in [1.54, 1.807) is 32.1 Å². The first kappa shape index (κ1) is 16.8. The quantitative estimate of drug-likeness (QED) is 0.666. The summed E-state index contributed by atoms with van der Waals surface area (Å²) in [5, 5.41) is 4.94. The van der Waals surface area contributed by atoms with Crippen molar-refractivity contribution in [3.63, 3.8) is 0 Å². The zero-order valence-corrected chi connectivity index (χ0v) is 14.7. The van der Waals surface area contributed by atoms with Crippen LogP contribution in [0.1, 0.15) is 10.4 Å². The lowest BCUT2D eigenvalue weighted by molar-refractivity contribution is -0.129. The number of aromatic nitrogens is 3. The summed E-state index contributed by atoms with van der Waals surface area (Å²) in [7, 11) is 6.81. The first-order valence-corrected chi connectivity index (χ1v) is 7.80. The molecule has 0 aliphatic carbocycles. The summed E-state index contributed by atoms with van der Waals surface area (Å²) in [4.78, 5) is 25.7. The topological polar surface area (TPSA) is 69.4 Å². The van der Waals surface area contributed by atoms with Crippen molar-refractivity contribution in [3.05, 3.63) is 36.2 Å². The molecule has 130 valence electrons. The Labute approximate surface area is 145 Å². The maximum Gasteiger partial charge on any atom is 0.242 e. The van der Waals surface area contributed by atoms with E-state index in [2.05, 4.69) is 5.10 Å². The maximum atomic E-state index is 12.3. The average Bonchev–Trinajstić information content (AvgIpc) is 3.15. The van der Waals surface area contributed by atoms with Crippen molar-refractivity contribution in [2.24, 2.45) is 7.05 Å². The lowest BCUT2D eigenvalue weighted by Gasteiger charge is -2.14. The van der Waals surface area contributed by atoms with Gasteiger partial charge in [0.25, 0.3) is 0 Å². The van der Waals surface area contributed by atoms with Crippen LogP contribution in [0.25, 0.3) is 22.2 Å². The monoisotopic (exact) mass is 340 g/mol. The number of aryl methyl sites for hydroxylation is 1. The summed E-state index contributed by atoms with van der Waals surface area (Å²) in [5.41, 5.74) is 2.79. The molecule has 0 unspecified atom stereocenters. The molecule has 3 rings (SSSR count). The molecule has 7 heteroatoms. The molecule has 0 aliphatic heterocycles. The fraction of sp³-hybridized carbons (Fsp3) is 0.278. The Balaban J connectivity index is 2.32. The Bertz CT molecular complexity index is 953. The number of amides is 1. The minimum absolute atomic E-state index is 0.0599. The predicted octanol–water partition coefficient (Wildman–Crippen LogP) is 1.95. The van der Waals surface area contributed by atoms with E-state index in [1.807, 2.05) is 36.0 Å². The number of rotatable bonds is 5. The van der Waals surface area contributed by atoms with E-state index >= 15 is 0 Å². The smallest absolute Gasteiger partial charge is 0.242 e. The Morgan fingerprint density at radius 2 is 2.12 bits per heavy atom. The van der Waals surface area contributed by atoms with Gasteiger partial charge in [0.05, 0.1) is 19.0 Å². The number of carbonyl (C=O) groups is 2. The molecule has 0 bridgehead atoms. The van der Waals surface area contributed by atoms with E-state index in [0.29, 0.717) is 17.0 Å². The van der Waals surface area contributed by atoms with E-state index in [1.165, 1.54) is 4.90 Å². The van der Waals surface area contributed by atoms with Crippen molar-refractivity contribution in [3.8, 4) is 17.0 Å². The van der Waals surface area contributed by atoms with E-state index in [-0.39, 0.29) is 12.5 Å². The number of nitrogens with zero attached hydrogens (tertiary/aromatic N) is 4. The number of aldehydes is 1. The number of fused-ring (bicyclic) bond motifs is 1. The summed E-state index contributed by atoms with van der Waals surface area (Å²) >= 11 is 0. The molecule has 7 nitrogen and oxygen atoms in total. The third kappa shape index (κ3) is 2.88. The zero-order chi connectivity index (χ0) is 18.1. The number of likely N-dealkylation sites (N-methyl/N-ethyl adjacent to an activating group) is 1. The number of hydrogen-bond donors (Lipinski definition) is 0. The first-order valence-electron chi connectivity index (χ1n) is 7.80. The van der Waals surface area contributed by atoms with Gasteiger partial charge >= 0.3 is 0 Å². The molecule has 0 N–H and O–H groups in total. The Morgan fingerprint density at radius 3 is 2.68 bits per heavy atom. The fourth-order valence-corrected chi connectivity index (χ4v) is 2.90. The van der Waals surface area contributed by atoms with Crippen LogP contribution in [0.5, 0.6) is 5.75 Å². The molecule has 0 aliphatic rings. The Hall–Kier alpha value is -3.09. The maximum absolute atomic E-state index is 12.3. The van der Waals surface area contributed by atoms with Gasteiger partial charge in [0.2, 0.25) is 5.91 Å². The van der Waals surface area contributed by atoms with Crippen LogP contribution in [-0.4, -0.2) is 52.6 Å². The molecule has 2 heterocycles. The molecule has 0 spiro atoms. The van der Waals surface area contributed by atoms with Crippen molar-refractivity contribution in [1.82, 2.24) is 19.2 Å². The van der Waals surface area contributed by atoms with Gasteiger partial charge in [-0.3, -0.25) is 14.3 Å². The fourth-order valence-electron chi connectivity index (χ4n) is 2.90. The number of carbonyl (C=O) groups excluding carboxylic acids is 2. The molecule has 1 amide bonds. The number of ether oxygens (including phenoxy) is 1. The summed E-state index contributed by atoms with van der Waals surface area (Å²) < 4.78 is 8.81. The van der Waals surface area contributed by atoms with Crippen LogP contribution in [0.15, 0.2) is 30.6 Å². The van der Waals surface area contributed by atoms with Gasteiger partial charge in [-0.1, -0.05) is 0 Å². The van der Waals surface area contributed by atoms with Gasteiger partial charge in [-0.05, 0) is 18.2 Å². The van der Waals surface area contributed by atoms with Gasteiger partial charge in [-0.2, -0.15) is 5.10 Å². The molecule has 0 radical (unpaired) electrons. The molecule has 1 aromatic carbocycles. The summed E-state index contributed by atoms with van der Waals surface area (Å²) in [6.07, 6.45) is 4.34. The third-order valence-corrected chi connectivity index (χ3v) is 4.20. The van der Waals surface area contributed by atoms with E-state index < -0.39 is 0 Å². The highest BCUT2D eigenvalue weighted by Gasteiger charge is 2.22. The second-order valence-electron chi connectivity index (χ2n) is 6.04. The van der Waals surface area contributed by atoms with Gasteiger partial charge in [0.1, 0.15) is 12.3 Å². The molecule has 2 aromatic heterocycles. The van der Waals surface area contributed by atoms with Crippen molar-refractivity contribution in [2.45, 2.75) is 6.54 Å². The second kappa shape index (κ2) is 6.43. The highest BCUT2D eigenvalue weighted by molar-refractivity contribution is 6.06. The van der Waals surface area contributed by atoms with Crippen molar-refractivity contribution >= 4 is 23.1 Å². The summed E-state index contributed by atoms with van der Waals surface area (Å²) in [5.74, 6) is 0.597. The number of benzene rings is 1. The van der Waals surface area contributed by atoms with Gasteiger partial charge in [0, 0.05) is 49.4 Å². The minimum Gasteiger partial charge on any atom is -0.497 e. The lowest BCUT2D eigenvalue weighted by atomic mass is 10.1. The highest BCUT2D eigenvalue weighted by Crippen LogP contribution is 2.34. The van der Waals surface area contributed by atoms with Crippen LogP contribution >= 0.6 is 0 Å². The van der Waals surface area contributed by atoms with E-state index in [4.69, 9.17) is 4.74 Å². The van der Waals surface area contributed by atoms with Crippen LogP contribution in [0.2, 0.25) is 0 Å². The molecule has 0 fully saturated rings. The highest BCUT2D eigenvalue weighted by atomic mass is 16.5. The van der Waals surface area contributed by atoms with Crippen LogP contribution in [-0.2, 0) is 18.4 Å². The first-order chi connectivity index (χ1) is 12.0. The largest absolute Gasteiger partial charge is 0.497 e. The van der Waals surface area contributed by atoms with Crippen LogP contribution < -0.4 is 4.74 Å². The van der Waals surface area contributed by atoms with Gasteiger partial charge < -0.3 is 14.2 Å². The Kier molecular flexibility index (Phi) is 4.31. The molecule has 0 atom stereocenters. The zero-order valence-electron chi connectivity index (χ0n) is 14.7. The number of hydrogen-bond acceptors (Lipinski definition) is 4. The molecule has 0 saturated carbocycles. The third-order valence-electron chi connectivity index (χ3n) is 4.20. The normalized spacial score (nSPS) is 10.9. The minimum atomic E-state index is -0.0599. The van der Waals surface area contributed by atoms with Gasteiger partial charge in [0.15, 0.2) is 6.29 Å². The Morgan fingerprint density at radius 1 is 1.36 bits per heavy atom. The van der Waals surface area contributed by atoms with Crippen molar-refractivity contribution < 1.29 is 14.3 Å². The van der Waals surface area contributed by atoms with E-state index in [0.717, 1.165) is 22.8 Å². The van der Waals surface area contributed by atoms with Crippen LogP contribution in [0.3, 0.4) is 0 Å². The van der Waals surface area contributed by atoms with Gasteiger partial charge in [-0.25, -0.2) is 0 Å². The van der Waals surface area contributed by atoms with Crippen LogP contribution in [0, 0.1) is 0 Å². The molecule has 25 heavy (non-hydrogen) atoms. The molecular formula is C18H20N4O3. The molecule has 0 saturated heterocycles. The predicted molar refractivity (Wildman–Crippen MR) is 94.8 cm³/mol.